The van der Waals surface area contributed by atoms with Gasteiger partial charge in [-0.1, -0.05) is 6.92 Å². The molecule has 0 aromatic carbocycles. The smallest absolute Gasteiger partial charge is 0.303 e. The number of carbonyl (C=O) groups is 1. The number of aliphatic carboxylic acids is 1. The highest BCUT2D eigenvalue weighted by atomic mass is 32.1. The fraction of sp³-hybridized carbons (Fsp3) is 0.500. The molecule has 3 nitrogen and oxygen atoms in total. The summed E-state index contributed by atoms with van der Waals surface area (Å²) < 4.78 is 0. The highest BCUT2D eigenvalue weighted by Crippen LogP contribution is 2.14. The molecule has 1 heterocycles. The summed E-state index contributed by atoms with van der Waals surface area (Å²) in [6, 6.07) is 0. The SMILES string of the molecule is CCc1ncc(CCC(=O)O)s1. The van der Waals surface area contributed by atoms with Gasteiger partial charge in [-0.2, -0.15) is 0 Å². The van der Waals surface area contributed by atoms with E-state index in [-0.39, 0.29) is 6.42 Å². The molecular formula is C8H11NO2S. The predicted octanol–water partition coefficient (Wildman–Crippen LogP) is 1.72. The van der Waals surface area contributed by atoms with Gasteiger partial charge in [-0.3, -0.25) is 4.79 Å². The lowest BCUT2D eigenvalue weighted by atomic mass is 10.3. The second kappa shape index (κ2) is 4.21. The van der Waals surface area contributed by atoms with Crippen molar-refractivity contribution in [2.24, 2.45) is 0 Å². The summed E-state index contributed by atoms with van der Waals surface area (Å²) in [6.45, 7) is 2.04. The van der Waals surface area contributed by atoms with Crippen LogP contribution in [-0.4, -0.2) is 16.1 Å². The summed E-state index contributed by atoms with van der Waals surface area (Å²) in [4.78, 5) is 15.4. The van der Waals surface area contributed by atoms with Gasteiger partial charge in [0.05, 0.1) is 11.4 Å². The van der Waals surface area contributed by atoms with Crippen molar-refractivity contribution in [1.82, 2.24) is 4.98 Å². The Kier molecular flexibility index (Phi) is 3.22. The Balaban J connectivity index is 2.47. The first kappa shape index (κ1) is 9.19. The molecule has 66 valence electrons. The van der Waals surface area contributed by atoms with E-state index in [0.29, 0.717) is 6.42 Å². The van der Waals surface area contributed by atoms with E-state index in [1.54, 1.807) is 17.5 Å². The summed E-state index contributed by atoms with van der Waals surface area (Å²) in [5, 5.41) is 9.50. The maximum absolute atomic E-state index is 10.2. The minimum absolute atomic E-state index is 0.200. The first-order chi connectivity index (χ1) is 5.72. The number of aromatic nitrogens is 1. The van der Waals surface area contributed by atoms with E-state index in [4.69, 9.17) is 5.11 Å². The molecule has 0 bridgehead atoms. The molecule has 0 saturated carbocycles. The largest absolute Gasteiger partial charge is 0.481 e. The van der Waals surface area contributed by atoms with E-state index in [1.807, 2.05) is 6.92 Å². The summed E-state index contributed by atoms with van der Waals surface area (Å²) in [5.74, 6) is -0.749. The average Bonchev–Trinajstić information content (AvgIpc) is 2.48. The van der Waals surface area contributed by atoms with Gasteiger partial charge in [-0.05, 0) is 12.8 Å². The Morgan fingerprint density at radius 1 is 1.75 bits per heavy atom. The van der Waals surface area contributed by atoms with Crippen LogP contribution in [0.15, 0.2) is 6.20 Å². The third-order valence-corrected chi connectivity index (χ3v) is 2.69. The summed E-state index contributed by atoms with van der Waals surface area (Å²) in [5.41, 5.74) is 0. The summed E-state index contributed by atoms with van der Waals surface area (Å²) in [7, 11) is 0. The molecule has 1 rings (SSSR count). The normalized spacial score (nSPS) is 10.1. The number of aryl methyl sites for hydroxylation is 2. The molecule has 0 aliphatic rings. The topological polar surface area (TPSA) is 50.2 Å². The average molecular weight is 185 g/mol. The van der Waals surface area contributed by atoms with Gasteiger partial charge in [0.1, 0.15) is 0 Å². The van der Waals surface area contributed by atoms with E-state index in [2.05, 4.69) is 4.98 Å². The van der Waals surface area contributed by atoms with Crippen LogP contribution in [0.3, 0.4) is 0 Å². The first-order valence-electron chi connectivity index (χ1n) is 3.87. The number of carboxylic acid groups (broad SMARTS) is 1. The first-order valence-corrected chi connectivity index (χ1v) is 4.69. The Bertz CT molecular complexity index is 270. The predicted molar refractivity (Wildman–Crippen MR) is 47.4 cm³/mol. The van der Waals surface area contributed by atoms with Crippen molar-refractivity contribution >= 4 is 17.3 Å². The lowest BCUT2D eigenvalue weighted by molar-refractivity contribution is -0.136. The van der Waals surface area contributed by atoms with Crippen LogP contribution in [0.25, 0.3) is 0 Å². The van der Waals surface area contributed by atoms with Gasteiger partial charge < -0.3 is 5.11 Å². The van der Waals surface area contributed by atoms with Crippen molar-refractivity contribution in [3.63, 3.8) is 0 Å². The lowest BCUT2D eigenvalue weighted by Crippen LogP contribution is -1.95. The van der Waals surface area contributed by atoms with E-state index >= 15 is 0 Å². The summed E-state index contributed by atoms with van der Waals surface area (Å²) >= 11 is 1.60. The molecule has 0 fully saturated rings. The van der Waals surface area contributed by atoms with Crippen LogP contribution < -0.4 is 0 Å². The van der Waals surface area contributed by atoms with Crippen molar-refractivity contribution in [2.75, 3.05) is 0 Å². The van der Waals surface area contributed by atoms with Crippen LogP contribution in [0, 0.1) is 0 Å². The molecule has 12 heavy (non-hydrogen) atoms. The van der Waals surface area contributed by atoms with Crippen molar-refractivity contribution < 1.29 is 9.90 Å². The molecule has 4 heteroatoms. The standard InChI is InChI=1S/C8H11NO2S/c1-2-7-9-5-6(12-7)3-4-8(10)11/h5H,2-4H2,1H3,(H,10,11). The zero-order valence-corrected chi connectivity index (χ0v) is 7.73. The molecule has 0 amide bonds. The molecule has 0 radical (unpaired) electrons. The molecule has 1 aromatic heterocycles. The van der Waals surface area contributed by atoms with Crippen LogP contribution in [0.2, 0.25) is 0 Å². The van der Waals surface area contributed by atoms with Crippen molar-refractivity contribution in [1.29, 1.82) is 0 Å². The molecule has 0 atom stereocenters. The number of hydrogen-bond acceptors (Lipinski definition) is 3. The highest BCUT2D eigenvalue weighted by Gasteiger charge is 2.02. The zero-order valence-electron chi connectivity index (χ0n) is 6.91. The van der Waals surface area contributed by atoms with Crippen LogP contribution in [0.4, 0.5) is 0 Å². The van der Waals surface area contributed by atoms with Gasteiger partial charge in [-0.15, -0.1) is 11.3 Å². The fourth-order valence-electron chi connectivity index (χ4n) is 0.857. The third kappa shape index (κ3) is 2.62. The molecule has 0 spiro atoms. The van der Waals surface area contributed by atoms with Gasteiger partial charge in [0.25, 0.3) is 0 Å². The van der Waals surface area contributed by atoms with Crippen molar-refractivity contribution in [3.05, 3.63) is 16.1 Å². The third-order valence-electron chi connectivity index (χ3n) is 1.49. The number of hydrogen-bond donors (Lipinski definition) is 1. The second-order valence-electron chi connectivity index (χ2n) is 2.47. The Morgan fingerprint density at radius 3 is 3.00 bits per heavy atom. The fourth-order valence-corrected chi connectivity index (χ4v) is 1.72. The van der Waals surface area contributed by atoms with E-state index in [0.717, 1.165) is 16.3 Å². The number of nitrogens with zero attached hydrogens (tertiary/aromatic N) is 1. The van der Waals surface area contributed by atoms with Crippen LogP contribution >= 0.6 is 11.3 Å². The zero-order chi connectivity index (χ0) is 8.97. The van der Waals surface area contributed by atoms with Crippen LogP contribution in [-0.2, 0) is 17.6 Å². The Morgan fingerprint density at radius 2 is 2.50 bits per heavy atom. The van der Waals surface area contributed by atoms with Gasteiger partial charge >= 0.3 is 5.97 Å². The van der Waals surface area contributed by atoms with Crippen molar-refractivity contribution in [3.8, 4) is 0 Å². The second-order valence-corrected chi connectivity index (χ2v) is 3.67. The maximum atomic E-state index is 10.2. The quantitative estimate of drug-likeness (QED) is 0.777. The van der Waals surface area contributed by atoms with Crippen LogP contribution in [0.5, 0.6) is 0 Å². The number of rotatable bonds is 4. The van der Waals surface area contributed by atoms with Gasteiger partial charge in [0.2, 0.25) is 0 Å². The van der Waals surface area contributed by atoms with E-state index < -0.39 is 5.97 Å². The van der Waals surface area contributed by atoms with Gasteiger partial charge in [0, 0.05) is 11.1 Å². The summed E-state index contributed by atoms with van der Waals surface area (Å²) in [6.07, 6.45) is 3.50. The highest BCUT2D eigenvalue weighted by molar-refractivity contribution is 7.11. The molecule has 0 saturated heterocycles. The Hall–Kier alpha value is -0.900. The molecule has 0 aliphatic heterocycles. The monoisotopic (exact) mass is 185 g/mol. The molecule has 0 unspecified atom stereocenters. The number of carboxylic acids is 1. The van der Waals surface area contributed by atoms with E-state index in [1.165, 1.54) is 0 Å². The Labute approximate surface area is 75.1 Å². The lowest BCUT2D eigenvalue weighted by Gasteiger charge is -1.89. The molecule has 0 aliphatic carbocycles. The maximum Gasteiger partial charge on any atom is 0.303 e. The minimum atomic E-state index is -0.749. The molecule has 1 aromatic rings. The van der Waals surface area contributed by atoms with E-state index in [9.17, 15) is 4.79 Å². The van der Waals surface area contributed by atoms with Crippen molar-refractivity contribution in [2.45, 2.75) is 26.2 Å². The minimum Gasteiger partial charge on any atom is -0.481 e. The number of thiazole rings is 1. The van der Waals surface area contributed by atoms with Gasteiger partial charge in [-0.25, -0.2) is 4.98 Å². The van der Waals surface area contributed by atoms with Crippen LogP contribution in [0.1, 0.15) is 23.2 Å². The molecular weight excluding hydrogens is 174 g/mol. The van der Waals surface area contributed by atoms with Gasteiger partial charge in [0.15, 0.2) is 0 Å². The molecule has 1 N–H and O–H groups in total.